The summed E-state index contributed by atoms with van der Waals surface area (Å²) in [4.78, 5) is 2.31. The van der Waals surface area contributed by atoms with E-state index in [1.807, 2.05) is 0 Å². The lowest BCUT2D eigenvalue weighted by Crippen LogP contribution is -2.39. The Morgan fingerprint density at radius 3 is 2.42 bits per heavy atom. The molecule has 0 amide bonds. The normalized spacial score (nSPS) is 18.5. The van der Waals surface area contributed by atoms with Gasteiger partial charge in [0.15, 0.2) is 0 Å². The van der Waals surface area contributed by atoms with Crippen LogP contribution in [0.2, 0.25) is 0 Å². The van der Waals surface area contributed by atoms with Crippen LogP contribution in [0.15, 0.2) is 24.3 Å². The molecule has 1 aliphatic heterocycles. The number of halogens is 3. The Kier molecular flexibility index (Phi) is 4.34. The predicted molar refractivity (Wildman–Crippen MR) is 70.2 cm³/mol. The van der Waals surface area contributed by atoms with Gasteiger partial charge in [0, 0.05) is 24.8 Å². The van der Waals surface area contributed by atoms with Gasteiger partial charge in [-0.1, -0.05) is 19.1 Å². The minimum Gasteiger partial charge on any atom is -0.382 e. The van der Waals surface area contributed by atoms with Crippen molar-refractivity contribution in [3.63, 3.8) is 0 Å². The predicted octanol–water partition coefficient (Wildman–Crippen LogP) is 3.60. The summed E-state index contributed by atoms with van der Waals surface area (Å²) in [5, 5.41) is 3.05. The minimum absolute atomic E-state index is 0.131. The smallest absolute Gasteiger partial charge is 0.382 e. The summed E-state index contributed by atoms with van der Waals surface area (Å²) in [5.74, 6) is 0. The molecule has 1 aromatic rings. The van der Waals surface area contributed by atoms with E-state index in [0.29, 0.717) is 0 Å². The number of alkyl halides is 3. The molecule has 5 heteroatoms. The van der Waals surface area contributed by atoms with Crippen molar-refractivity contribution in [2.75, 3.05) is 25.0 Å². The molecule has 0 unspecified atom stereocenters. The van der Waals surface area contributed by atoms with Gasteiger partial charge in [-0.25, -0.2) is 0 Å². The molecular weight excluding hydrogens is 253 g/mol. The van der Waals surface area contributed by atoms with E-state index in [-0.39, 0.29) is 11.7 Å². The molecule has 0 atom stereocenters. The van der Waals surface area contributed by atoms with Crippen LogP contribution in [0.25, 0.3) is 0 Å². The molecule has 0 radical (unpaired) electrons. The molecule has 2 rings (SSSR count). The molecule has 19 heavy (non-hydrogen) atoms. The van der Waals surface area contributed by atoms with Crippen molar-refractivity contribution < 1.29 is 13.2 Å². The van der Waals surface area contributed by atoms with Crippen molar-refractivity contribution in [2.45, 2.75) is 32.0 Å². The zero-order valence-corrected chi connectivity index (χ0v) is 11.0. The van der Waals surface area contributed by atoms with Crippen molar-refractivity contribution in [3.05, 3.63) is 29.8 Å². The molecule has 1 aromatic carbocycles. The fourth-order valence-electron chi connectivity index (χ4n) is 2.47. The first-order valence-electron chi connectivity index (χ1n) is 6.66. The average Bonchev–Trinajstić information content (AvgIpc) is 2.39. The lowest BCUT2D eigenvalue weighted by molar-refractivity contribution is -0.137. The van der Waals surface area contributed by atoms with E-state index in [1.54, 1.807) is 6.07 Å². The number of piperidine rings is 1. The van der Waals surface area contributed by atoms with Crippen LogP contribution in [-0.4, -0.2) is 30.6 Å². The van der Waals surface area contributed by atoms with Crippen molar-refractivity contribution in [1.82, 2.24) is 4.90 Å². The van der Waals surface area contributed by atoms with E-state index >= 15 is 0 Å². The molecule has 1 saturated heterocycles. The summed E-state index contributed by atoms with van der Waals surface area (Å²) in [5.41, 5.74) is -0.377. The fourth-order valence-corrected chi connectivity index (χ4v) is 2.47. The summed E-state index contributed by atoms with van der Waals surface area (Å²) < 4.78 is 38.6. The number of nitrogens with zero attached hydrogens (tertiary/aromatic N) is 1. The topological polar surface area (TPSA) is 15.3 Å². The number of likely N-dealkylation sites (tertiary alicyclic amines) is 1. The third-order valence-electron chi connectivity index (χ3n) is 3.63. The van der Waals surface area contributed by atoms with Gasteiger partial charge in [0.2, 0.25) is 0 Å². The quantitative estimate of drug-likeness (QED) is 0.904. The highest BCUT2D eigenvalue weighted by molar-refractivity contribution is 5.53. The first-order valence-corrected chi connectivity index (χ1v) is 6.66. The Hall–Kier alpha value is -1.23. The average molecular weight is 272 g/mol. The molecule has 1 heterocycles. The highest BCUT2D eigenvalue weighted by Gasteiger charge is 2.33. The van der Waals surface area contributed by atoms with Gasteiger partial charge in [-0.2, -0.15) is 13.2 Å². The van der Waals surface area contributed by atoms with Gasteiger partial charge in [-0.05, 0) is 31.5 Å². The number of hydrogen-bond acceptors (Lipinski definition) is 2. The zero-order chi connectivity index (χ0) is 13.9. The Labute approximate surface area is 111 Å². The van der Waals surface area contributed by atoms with E-state index in [9.17, 15) is 13.2 Å². The molecular formula is C14H19F3N2. The maximum atomic E-state index is 12.9. The maximum absolute atomic E-state index is 12.9. The molecule has 0 spiro atoms. The Morgan fingerprint density at radius 1 is 1.21 bits per heavy atom. The van der Waals surface area contributed by atoms with Gasteiger partial charge in [-0.15, -0.1) is 0 Å². The molecule has 1 fully saturated rings. The fraction of sp³-hybridized carbons (Fsp3) is 0.571. The summed E-state index contributed by atoms with van der Waals surface area (Å²) in [6.45, 7) is 5.00. The third-order valence-corrected chi connectivity index (χ3v) is 3.63. The third kappa shape index (κ3) is 3.62. The summed E-state index contributed by atoms with van der Waals surface area (Å²) in [6.07, 6.45) is -2.52. The lowest BCUT2D eigenvalue weighted by atomic mass is 10.0. The first kappa shape index (κ1) is 14.2. The van der Waals surface area contributed by atoms with Crippen molar-refractivity contribution in [1.29, 1.82) is 0 Å². The highest BCUT2D eigenvalue weighted by Crippen LogP contribution is 2.35. The molecule has 0 saturated carbocycles. The van der Waals surface area contributed by atoms with Crippen LogP contribution in [0.4, 0.5) is 18.9 Å². The maximum Gasteiger partial charge on any atom is 0.418 e. The number of rotatable bonds is 3. The molecule has 1 N–H and O–H groups in total. The van der Waals surface area contributed by atoms with Gasteiger partial charge in [0.25, 0.3) is 0 Å². The summed E-state index contributed by atoms with van der Waals surface area (Å²) >= 11 is 0. The van der Waals surface area contributed by atoms with E-state index < -0.39 is 11.7 Å². The Balaban J connectivity index is 2.04. The van der Waals surface area contributed by atoms with E-state index in [4.69, 9.17) is 0 Å². The van der Waals surface area contributed by atoms with Gasteiger partial charge in [0.1, 0.15) is 0 Å². The zero-order valence-electron chi connectivity index (χ0n) is 11.0. The summed E-state index contributed by atoms with van der Waals surface area (Å²) in [7, 11) is 0. The lowest BCUT2D eigenvalue weighted by Gasteiger charge is -2.32. The number of nitrogens with one attached hydrogen (secondary N) is 1. The number of anilines is 1. The molecule has 1 aliphatic rings. The second-order valence-electron chi connectivity index (χ2n) is 4.90. The van der Waals surface area contributed by atoms with Crippen LogP contribution in [0.3, 0.4) is 0 Å². The molecule has 0 aliphatic carbocycles. The van der Waals surface area contributed by atoms with Gasteiger partial charge in [-0.3, -0.25) is 0 Å². The van der Waals surface area contributed by atoms with Crippen LogP contribution < -0.4 is 5.32 Å². The molecule has 106 valence electrons. The molecule has 0 bridgehead atoms. The Morgan fingerprint density at radius 2 is 1.84 bits per heavy atom. The van der Waals surface area contributed by atoms with Crippen molar-refractivity contribution >= 4 is 5.69 Å². The Bertz CT molecular complexity index is 409. The van der Waals surface area contributed by atoms with Gasteiger partial charge in [0.05, 0.1) is 5.56 Å². The van der Waals surface area contributed by atoms with E-state index in [0.717, 1.165) is 38.5 Å². The number of benzene rings is 1. The molecule has 0 aromatic heterocycles. The van der Waals surface area contributed by atoms with Crippen LogP contribution >= 0.6 is 0 Å². The largest absolute Gasteiger partial charge is 0.418 e. The van der Waals surface area contributed by atoms with Crippen molar-refractivity contribution in [3.8, 4) is 0 Å². The van der Waals surface area contributed by atoms with Crippen LogP contribution in [0.1, 0.15) is 25.3 Å². The SMILES string of the molecule is CCN1CCC(Nc2ccccc2C(F)(F)F)CC1. The second-order valence-corrected chi connectivity index (χ2v) is 4.90. The van der Waals surface area contributed by atoms with E-state index in [2.05, 4.69) is 17.1 Å². The van der Waals surface area contributed by atoms with Crippen molar-refractivity contribution in [2.24, 2.45) is 0 Å². The van der Waals surface area contributed by atoms with Crippen LogP contribution in [0, 0.1) is 0 Å². The van der Waals surface area contributed by atoms with Crippen LogP contribution in [0.5, 0.6) is 0 Å². The van der Waals surface area contributed by atoms with Gasteiger partial charge < -0.3 is 10.2 Å². The number of hydrogen-bond donors (Lipinski definition) is 1. The van der Waals surface area contributed by atoms with E-state index in [1.165, 1.54) is 12.1 Å². The highest BCUT2D eigenvalue weighted by atomic mass is 19.4. The second kappa shape index (κ2) is 5.82. The first-order chi connectivity index (χ1) is 9.00. The monoisotopic (exact) mass is 272 g/mol. The standard InChI is InChI=1S/C14H19F3N2/c1-2-19-9-7-11(8-10-19)18-13-6-4-3-5-12(13)14(15,16)17/h3-6,11,18H,2,7-10H2,1H3. The van der Waals surface area contributed by atoms with Gasteiger partial charge >= 0.3 is 6.18 Å². The minimum atomic E-state index is -4.30. The number of para-hydroxylation sites is 1. The van der Waals surface area contributed by atoms with Crippen LogP contribution in [-0.2, 0) is 6.18 Å². The summed E-state index contributed by atoms with van der Waals surface area (Å²) in [6, 6.07) is 5.83. The molecule has 2 nitrogen and oxygen atoms in total.